The topological polar surface area (TPSA) is 21.3 Å². The molecule has 3 heteroatoms. The fourth-order valence-corrected chi connectivity index (χ4v) is 3.48. The first-order chi connectivity index (χ1) is 9.22. The van der Waals surface area contributed by atoms with Crippen LogP contribution in [0.15, 0.2) is 17.5 Å². The summed E-state index contributed by atoms with van der Waals surface area (Å²) in [6.07, 6.45) is 4.35. The molecule has 0 aliphatic heterocycles. The molecule has 0 aliphatic rings. The smallest absolute Gasteiger partial charge is 0.0832 e. The molecule has 1 rings (SSSR count). The monoisotopic (exact) mass is 283 g/mol. The largest absolute Gasteiger partial charge is 0.374 e. The van der Waals surface area contributed by atoms with Crippen LogP contribution in [-0.2, 0) is 11.2 Å². The molecule has 1 N–H and O–H groups in total. The Balaban J connectivity index is 2.84. The van der Waals surface area contributed by atoms with Gasteiger partial charge in [0.15, 0.2) is 0 Å². The normalized spacial score (nSPS) is 13.7. The van der Waals surface area contributed by atoms with E-state index >= 15 is 0 Å². The summed E-state index contributed by atoms with van der Waals surface area (Å²) in [5.41, 5.74) is -0.0338. The van der Waals surface area contributed by atoms with Crippen LogP contribution in [0.2, 0.25) is 0 Å². The Morgan fingerprint density at radius 3 is 2.47 bits per heavy atom. The molecular weight excluding hydrogens is 254 g/mol. The molecule has 110 valence electrons. The highest BCUT2D eigenvalue weighted by molar-refractivity contribution is 7.09. The molecule has 1 atom stereocenters. The number of rotatable bonds is 10. The van der Waals surface area contributed by atoms with Crippen molar-refractivity contribution in [3.05, 3.63) is 22.4 Å². The van der Waals surface area contributed by atoms with Gasteiger partial charge >= 0.3 is 0 Å². The highest BCUT2D eigenvalue weighted by Crippen LogP contribution is 2.28. The second kappa shape index (κ2) is 8.72. The molecule has 0 bridgehead atoms. The Bertz CT molecular complexity index is 319. The van der Waals surface area contributed by atoms with E-state index in [1.165, 1.54) is 4.88 Å². The first kappa shape index (κ1) is 16.7. The molecule has 0 saturated carbocycles. The molecular formula is C16H29NOS. The SMILES string of the molecule is CCCNC(Cc1cccs1)C(CC)(CC)OCC. The highest BCUT2D eigenvalue weighted by atomic mass is 32.1. The number of hydrogen-bond acceptors (Lipinski definition) is 3. The van der Waals surface area contributed by atoms with E-state index in [1.54, 1.807) is 0 Å². The molecule has 19 heavy (non-hydrogen) atoms. The fourth-order valence-electron chi connectivity index (χ4n) is 2.73. The summed E-state index contributed by atoms with van der Waals surface area (Å²) in [7, 11) is 0. The van der Waals surface area contributed by atoms with Gasteiger partial charge in [0.25, 0.3) is 0 Å². The van der Waals surface area contributed by atoms with E-state index in [-0.39, 0.29) is 5.60 Å². The molecule has 0 aromatic carbocycles. The lowest BCUT2D eigenvalue weighted by atomic mass is 9.85. The summed E-state index contributed by atoms with van der Waals surface area (Å²) < 4.78 is 6.18. The maximum atomic E-state index is 6.18. The third-order valence-corrected chi connectivity index (χ3v) is 4.79. The lowest BCUT2D eigenvalue weighted by Gasteiger charge is -2.40. The summed E-state index contributed by atoms with van der Waals surface area (Å²) in [5.74, 6) is 0. The fraction of sp³-hybridized carbons (Fsp3) is 0.750. The Morgan fingerprint density at radius 2 is 2.00 bits per heavy atom. The molecule has 1 heterocycles. The predicted molar refractivity (Wildman–Crippen MR) is 85.0 cm³/mol. The van der Waals surface area contributed by atoms with Gasteiger partial charge in [0.05, 0.1) is 5.60 Å². The van der Waals surface area contributed by atoms with Gasteiger partial charge in [-0.1, -0.05) is 26.8 Å². The average Bonchev–Trinajstić information content (AvgIpc) is 2.94. The molecule has 0 aliphatic carbocycles. The third-order valence-electron chi connectivity index (χ3n) is 3.89. The highest BCUT2D eigenvalue weighted by Gasteiger charge is 2.36. The summed E-state index contributed by atoms with van der Waals surface area (Å²) >= 11 is 1.84. The Kier molecular flexibility index (Phi) is 7.66. The Morgan fingerprint density at radius 1 is 1.26 bits per heavy atom. The van der Waals surface area contributed by atoms with Gasteiger partial charge in [-0.05, 0) is 50.6 Å². The second-order valence-electron chi connectivity index (χ2n) is 5.00. The van der Waals surface area contributed by atoms with Gasteiger partial charge in [0.2, 0.25) is 0 Å². The van der Waals surface area contributed by atoms with Crippen LogP contribution < -0.4 is 5.32 Å². The minimum atomic E-state index is -0.0338. The van der Waals surface area contributed by atoms with E-state index in [9.17, 15) is 0 Å². The van der Waals surface area contributed by atoms with Crippen molar-refractivity contribution in [1.29, 1.82) is 0 Å². The average molecular weight is 283 g/mol. The van der Waals surface area contributed by atoms with Gasteiger partial charge in [-0.25, -0.2) is 0 Å². The van der Waals surface area contributed by atoms with Crippen LogP contribution in [0.5, 0.6) is 0 Å². The molecule has 0 saturated heterocycles. The van der Waals surface area contributed by atoms with E-state index in [0.29, 0.717) is 6.04 Å². The van der Waals surface area contributed by atoms with Crippen molar-refractivity contribution in [2.24, 2.45) is 0 Å². The maximum Gasteiger partial charge on any atom is 0.0832 e. The Hall–Kier alpha value is -0.380. The summed E-state index contributed by atoms with van der Waals surface area (Å²) in [6, 6.07) is 4.77. The minimum absolute atomic E-state index is 0.0338. The molecule has 0 spiro atoms. The maximum absolute atomic E-state index is 6.18. The van der Waals surface area contributed by atoms with E-state index in [2.05, 4.69) is 50.5 Å². The van der Waals surface area contributed by atoms with Crippen LogP contribution in [0.3, 0.4) is 0 Å². The zero-order chi connectivity index (χ0) is 14.1. The lowest BCUT2D eigenvalue weighted by molar-refractivity contribution is -0.0716. The number of thiophene rings is 1. The first-order valence-corrected chi connectivity index (χ1v) is 8.50. The van der Waals surface area contributed by atoms with E-state index in [1.807, 2.05) is 11.3 Å². The lowest BCUT2D eigenvalue weighted by Crippen LogP contribution is -2.53. The number of hydrogen-bond donors (Lipinski definition) is 1. The van der Waals surface area contributed by atoms with Crippen molar-refractivity contribution in [2.75, 3.05) is 13.2 Å². The van der Waals surface area contributed by atoms with Crippen molar-refractivity contribution >= 4 is 11.3 Å². The van der Waals surface area contributed by atoms with Crippen LogP contribution in [0.1, 0.15) is 51.8 Å². The summed E-state index contributed by atoms with van der Waals surface area (Å²) in [6.45, 7) is 10.7. The molecule has 2 nitrogen and oxygen atoms in total. The van der Waals surface area contributed by atoms with E-state index in [4.69, 9.17) is 4.74 Å². The molecule has 0 radical (unpaired) electrons. The van der Waals surface area contributed by atoms with Crippen molar-refractivity contribution < 1.29 is 4.74 Å². The van der Waals surface area contributed by atoms with E-state index in [0.717, 1.165) is 38.8 Å². The van der Waals surface area contributed by atoms with Crippen molar-refractivity contribution in [3.8, 4) is 0 Å². The van der Waals surface area contributed by atoms with Gasteiger partial charge in [-0.3, -0.25) is 0 Å². The third kappa shape index (κ3) is 4.59. The summed E-state index contributed by atoms with van der Waals surface area (Å²) in [5, 5.41) is 5.88. The molecule has 1 aromatic rings. The van der Waals surface area contributed by atoms with Crippen LogP contribution in [0, 0.1) is 0 Å². The quantitative estimate of drug-likeness (QED) is 0.693. The van der Waals surface area contributed by atoms with Crippen LogP contribution >= 0.6 is 11.3 Å². The van der Waals surface area contributed by atoms with Gasteiger partial charge in [0, 0.05) is 17.5 Å². The van der Waals surface area contributed by atoms with Crippen LogP contribution in [0.25, 0.3) is 0 Å². The van der Waals surface area contributed by atoms with Crippen molar-refractivity contribution in [3.63, 3.8) is 0 Å². The zero-order valence-corrected chi connectivity index (χ0v) is 13.7. The predicted octanol–water partition coefficient (Wildman–Crippen LogP) is 4.25. The Labute approximate surface area is 122 Å². The van der Waals surface area contributed by atoms with Crippen LogP contribution in [-0.4, -0.2) is 24.8 Å². The van der Waals surface area contributed by atoms with Crippen molar-refractivity contribution in [1.82, 2.24) is 5.32 Å². The standard InChI is InChI=1S/C16H29NOS/c1-5-11-17-15(13-14-10-9-12-19-14)16(6-2,7-3)18-8-4/h9-10,12,15,17H,5-8,11,13H2,1-4H3. The molecule has 0 fully saturated rings. The summed E-state index contributed by atoms with van der Waals surface area (Å²) in [4.78, 5) is 1.44. The van der Waals surface area contributed by atoms with Gasteiger partial charge in [-0.15, -0.1) is 11.3 Å². The minimum Gasteiger partial charge on any atom is -0.374 e. The second-order valence-corrected chi connectivity index (χ2v) is 6.03. The van der Waals surface area contributed by atoms with Crippen molar-refractivity contribution in [2.45, 2.75) is 65.0 Å². The van der Waals surface area contributed by atoms with Gasteiger partial charge in [-0.2, -0.15) is 0 Å². The molecule has 0 amide bonds. The first-order valence-electron chi connectivity index (χ1n) is 7.62. The van der Waals surface area contributed by atoms with E-state index < -0.39 is 0 Å². The number of ether oxygens (including phenoxy) is 1. The van der Waals surface area contributed by atoms with Crippen LogP contribution in [0.4, 0.5) is 0 Å². The number of nitrogens with one attached hydrogen (secondary N) is 1. The van der Waals surface area contributed by atoms with Gasteiger partial charge < -0.3 is 10.1 Å². The molecule has 1 aromatic heterocycles. The van der Waals surface area contributed by atoms with Gasteiger partial charge in [0.1, 0.15) is 0 Å². The molecule has 1 unspecified atom stereocenters. The zero-order valence-electron chi connectivity index (χ0n) is 12.9.